The SMILES string of the molecule is COc1ccc(OC)c(NC(=O)COC(=O)[C@H]2CC(=O)N(NC(=O)c3ccccc3[N+](=O)[O-])C2)c1. The highest BCUT2D eigenvalue weighted by atomic mass is 16.6. The fraction of sp³-hybridized carbons (Fsp3) is 0.273. The molecule has 2 aromatic rings. The number of rotatable bonds is 9. The van der Waals surface area contributed by atoms with E-state index in [0.717, 1.165) is 11.1 Å². The second-order valence-electron chi connectivity index (χ2n) is 7.34. The van der Waals surface area contributed by atoms with Crippen molar-refractivity contribution >= 4 is 35.1 Å². The number of ether oxygens (including phenoxy) is 3. The molecule has 3 rings (SSSR count). The van der Waals surface area contributed by atoms with Crippen LogP contribution in [0.2, 0.25) is 0 Å². The summed E-state index contributed by atoms with van der Waals surface area (Å²) >= 11 is 0. The summed E-state index contributed by atoms with van der Waals surface area (Å²) in [5, 5.41) is 14.6. The number of nitrogens with zero attached hydrogens (tertiary/aromatic N) is 2. The van der Waals surface area contributed by atoms with Gasteiger partial charge < -0.3 is 19.5 Å². The molecule has 35 heavy (non-hydrogen) atoms. The molecule has 0 bridgehead atoms. The molecule has 0 unspecified atom stereocenters. The molecule has 13 nitrogen and oxygen atoms in total. The predicted octanol–water partition coefficient (Wildman–Crippen LogP) is 1.29. The van der Waals surface area contributed by atoms with E-state index in [4.69, 9.17) is 14.2 Å². The summed E-state index contributed by atoms with van der Waals surface area (Å²) in [6.45, 7) is -0.832. The van der Waals surface area contributed by atoms with Gasteiger partial charge in [0, 0.05) is 18.6 Å². The number of anilines is 1. The average molecular weight is 486 g/mol. The molecule has 0 radical (unpaired) electrons. The smallest absolute Gasteiger partial charge is 0.311 e. The average Bonchev–Trinajstić information content (AvgIpc) is 3.22. The standard InChI is InChI=1S/C22H22N4O9/c1-33-14-7-8-18(34-2)16(10-14)23-19(27)12-35-22(30)13-9-20(28)25(11-13)24-21(29)15-5-3-4-6-17(15)26(31)32/h3-8,10,13H,9,11-12H2,1-2H3,(H,23,27)(H,24,29)/t13-/m0/s1. The van der Waals surface area contributed by atoms with Crippen LogP contribution in [0.5, 0.6) is 11.5 Å². The van der Waals surface area contributed by atoms with Crippen molar-refractivity contribution in [2.75, 3.05) is 32.7 Å². The van der Waals surface area contributed by atoms with Crippen molar-refractivity contribution < 1.29 is 38.3 Å². The zero-order valence-electron chi connectivity index (χ0n) is 18.8. The highest BCUT2D eigenvalue weighted by Crippen LogP contribution is 2.29. The molecular formula is C22H22N4O9. The Morgan fingerprint density at radius 1 is 1.14 bits per heavy atom. The van der Waals surface area contributed by atoms with Crippen LogP contribution in [0.25, 0.3) is 0 Å². The van der Waals surface area contributed by atoms with E-state index in [2.05, 4.69) is 10.7 Å². The molecule has 0 spiro atoms. The van der Waals surface area contributed by atoms with Gasteiger partial charge in [-0.05, 0) is 18.2 Å². The molecule has 2 N–H and O–H groups in total. The topological polar surface area (TPSA) is 166 Å². The molecular weight excluding hydrogens is 464 g/mol. The van der Waals surface area contributed by atoms with E-state index in [-0.39, 0.29) is 18.5 Å². The number of methoxy groups -OCH3 is 2. The lowest BCUT2D eigenvalue weighted by molar-refractivity contribution is -0.385. The lowest BCUT2D eigenvalue weighted by atomic mass is 10.1. The summed E-state index contributed by atoms with van der Waals surface area (Å²) in [5.41, 5.74) is 1.93. The van der Waals surface area contributed by atoms with E-state index in [1.165, 1.54) is 38.5 Å². The Morgan fingerprint density at radius 3 is 2.57 bits per heavy atom. The summed E-state index contributed by atoms with van der Waals surface area (Å²) in [6.07, 6.45) is -0.263. The van der Waals surface area contributed by atoms with Gasteiger partial charge in [0.15, 0.2) is 6.61 Å². The number of nitro groups is 1. The quantitative estimate of drug-likeness (QED) is 0.301. The lowest BCUT2D eigenvalue weighted by Gasteiger charge is -2.17. The van der Waals surface area contributed by atoms with E-state index >= 15 is 0 Å². The third-order valence-corrected chi connectivity index (χ3v) is 5.07. The van der Waals surface area contributed by atoms with Gasteiger partial charge in [-0.3, -0.25) is 39.7 Å². The van der Waals surface area contributed by atoms with E-state index < -0.39 is 46.8 Å². The molecule has 3 amide bonds. The second kappa shape index (κ2) is 11.0. The number of esters is 1. The molecule has 1 aliphatic heterocycles. The van der Waals surface area contributed by atoms with Crippen LogP contribution in [0, 0.1) is 16.0 Å². The zero-order valence-corrected chi connectivity index (χ0v) is 18.8. The maximum absolute atomic E-state index is 12.4. The number of benzene rings is 2. The minimum atomic E-state index is -0.937. The summed E-state index contributed by atoms with van der Waals surface area (Å²) in [7, 11) is 2.89. The number of hydrogen-bond donors (Lipinski definition) is 2. The Hall–Kier alpha value is -4.68. The van der Waals surface area contributed by atoms with Gasteiger partial charge in [0.25, 0.3) is 17.5 Å². The number of nitro benzene ring substituents is 1. The summed E-state index contributed by atoms with van der Waals surface area (Å²) in [5.74, 6) is -2.99. The molecule has 1 aliphatic rings. The molecule has 1 heterocycles. The minimum Gasteiger partial charge on any atom is -0.497 e. The molecule has 13 heteroatoms. The Balaban J connectivity index is 1.54. The molecule has 1 atom stereocenters. The van der Waals surface area contributed by atoms with Crippen LogP contribution in [0.15, 0.2) is 42.5 Å². The van der Waals surface area contributed by atoms with Crippen LogP contribution in [-0.2, 0) is 19.1 Å². The monoisotopic (exact) mass is 486 g/mol. The number of para-hydroxylation sites is 1. The van der Waals surface area contributed by atoms with Crippen molar-refractivity contribution in [3.8, 4) is 11.5 Å². The van der Waals surface area contributed by atoms with Crippen LogP contribution >= 0.6 is 0 Å². The number of amides is 3. The highest BCUT2D eigenvalue weighted by molar-refractivity contribution is 5.99. The molecule has 0 saturated carbocycles. The normalized spacial score (nSPS) is 14.7. The molecule has 1 saturated heterocycles. The number of hydrogen-bond acceptors (Lipinski definition) is 9. The number of carbonyl (C=O) groups excluding carboxylic acids is 4. The van der Waals surface area contributed by atoms with Crippen molar-refractivity contribution in [3.05, 3.63) is 58.1 Å². The molecule has 0 aliphatic carbocycles. The third kappa shape index (κ3) is 6.01. The van der Waals surface area contributed by atoms with E-state index in [1.807, 2.05) is 0 Å². The van der Waals surface area contributed by atoms with Gasteiger partial charge in [0.1, 0.15) is 17.1 Å². The van der Waals surface area contributed by atoms with Crippen molar-refractivity contribution in [3.63, 3.8) is 0 Å². The third-order valence-electron chi connectivity index (χ3n) is 5.07. The zero-order chi connectivity index (χ0) is 25.5. The lowest BCUT2D eigenvalue weighted by Crippen LogP contribution is -2.43. The fourth-order valence-electron chi connectivity index (χ4n) is 3.33. The molecule has 0 aromatic heterocycles. The van der Waals surface area contributed by atoms with Crippen LogP contribution in [-0.4, -0.2) is 61.0 Å². The van der Waals surface area contributed by atoms with Gasteiger partial charge in [-0.15, -0.1) is 0 Å². The first-order valence-electron chi connectivity index (χ1n) is 10.3. The Kier molecular flexibility index (Phi) is 7.81. The van der Waals surface area contributed by atoms with Crippen molar-refractivity contribution in [2.24, 2.45) is 5.92 Å². The first-order chi connectivity index (χ1) is 16.7. The maximum Gasteiger partial charge on any atom is 0.311 e. The number of nitrogens with one attached hydrogen (secondary N) is 2. The Morgan fingerprint density at radius 2 is 1.89 bits per heavy atom. The second-order valence-corrected chi connectivity index (χ2v) is 7.34. The van der Waals surface area contributed by atoms with Crippen LogP contribution in [0.1, 0.15) is 16.8 Å². The predicted molar refractivity (Wildman–Crippen MR) is 120 cm³/mol. The molecule has 184 valence electrons. The first-order valence-corrected chi connectivity index (χ1v) is 10.3. The van der Waals surface area contributed by atoms with Gasteiger partial charge in [0.05, 0.1) is 37.3 Å². The summed E-state index contributed by atoms with van der Waals surface area (Å²) in [4.78, 5) is 59.7. The van der Waals surface area contributed by atoms with Gasteiger partial charge in [-0.1, -0.05) is 12.1 Å². The Bertz CT molecular complexity index is 1170. The van der Waals surface area contributed by atoms with Crippen molar-refractivity contribution in [2.45, 2.75) is 6.42 Å². The van der Waals surface area contributed by atoms with Crippen LogP contribution in [0.3, 0.4) is 0 Å². The van der Waals surface area contributed by atoms with Crippen molar-refractivity contribution in [1.29, 1.82) is 0 Å². The van der Waals surface area contributed by atoms with Crippen LogP contribution in [0.4, 0.5) is 11.4 Å². The van der Waals surface area contributed by atoms with Gasteiger partial charge in [-0.2, -0.15) is 0 Å². The van der Waals surface area contributed by atoms with E-state index in [9.17, 15) is 29.3 Å². The summed E-state index contributed by atoms with van der Waals surface area (Å²) in [6, 6.07) is 10.0. The van der Waals surface area contributed by atoms with Gasteiger partial charge in [0.2, 0.25) is 5.91 Å². The fourth-order valence-corrected chi connectivity index (χ4v) is 3.33. The van der Waals surface area contributed by atoms with Gasteiger partial charge >= 0.3 is 5.97 Å². The number of hydrazine groups is 1. The highest BCUT2D eigenvalue weighted by Gasteiger charge is 2.37. The minimum absolute atomic E-state index is 0.213. The van der Waals surface area contributed by atoms with Crippen LogP contribution < -0.4 is 20.2 Å². The molecule has 2 aromatic carbocycles. The maximum atomic E-state index is 12.4. The van der Waals surface area contributed by atoms with E-state index in [0.29, 0.717) is 17.2 Å². The van der Waals surface area contributed by atoms with E-state index in [1.54, 1.807) is 12.1 Å². The molecule has 1 fully saturated rings. The van der Waals surface area contributed by atoms with Crippen molar-refractivity contribution in [1.82, 2.24) is 10.4 Å². The number of carbonyl (C=O) groups is 4. The Labute approximate surface area is 199 Å². The summed E-state index contributed by atoms with van der Waals surface area (Å²) < 4.78 is 15.3. The first kappa shape index (κ1) is 25.0. The van der Waals surface area contributed by atoms with Gasteiger partial charge in [-0.25, -0.2) is 0 Å². The largest absolute Gasteiger partial charge is 0.497 e.